The van der Waals surface area contributed by atoms with Crippen LogP contribution in [0.3, 0.4) is 0 Å². The van der Waals surface area contributed by atoms with Gasteiger partial charge >= 0.3 is 12.1 Å². The van der Waals surface area contributed by atoms with Crippen molar-refractivity contribution in [3.63, 3.8) is 0 Å². The van der Waals surface area contributed by atoms with Gasteiger partial charge in [-0.2, -0.15) is 23.4 Å². The Morgan fingerprint density at radius 3 is 2.78 bits per heavy atom. The summed E-state index contributed by atoms with van der Waals surface area (Å²) in [5.74, 6) is -1.09. The van der Waals surface area contributed by atoms with Crippen LogP contribution in [0.4, 0.5) is 13.2 Å². The Balaban J connectivity index is 1.94. The summed E-state index contributed by atoms with van der Waals surface area (Å²) < 4.78 is 45.6. The number of aromatic nitrogens is 4. The number of H-pyrrole nitrogens is 1. The molecule has 0 bridgehead atoms. The van der Waals surface area contributed by atoms with Crippen LogP contribution in [0.5, 0.6) is 0 Å². The van der Waals surface area contributed by atoms with Crippen LogP contribution in [0, 0.1) is 0 Å². The van der Waals surface area contributed by atoms with Crippen molar-refractivity contribution in [3.05, 3.63) is 47.9 Å². The van der Waals surface area contributed by atoms with Crippen molar-refractivity contribution in [1.29, 1.82) is 0 Å². The van der Waals surface area contributed by atoms with Gasteiger partial charge in [0.05, 0.1) is 23.5 Å². The molecule has 2 aromatic heterocycles. The first kappa shape index (κ1) is 15.1. The second-order valence-corrected chi connectivity index (χ2v) is 4.91. The zero-order chi connectivity index (χ0) is 16.6. The van der Waals surface area contributed by atoms with Crippen LogP contribution >= 0.6 is 0 Å². The third kappa shape index (κ3) is 2.89. The van der Waals surface area contributed by atoms with Gasteiger partial charge in [-0.1, -0.05) is 12.1 Å². The molecular weight excluding hydrogens is 313 g/mol. The number of nitrogens with zero attached hydrogens (tertiary/aromatic N) is 3. The number of aryl methyl sites for hydroxylation is 1. The number of esters is 1. The molecular formula is C14H11F3N4O2. The molecule has 0 saturated heterocycles. The molecule has 0 aliphatic rings. The number of halogens is 3. The minimum atomic E-state index is -4.75. The average Bonchev–Trinajstić information content (AvgIpc) is 3.11. The maximum Gasteiger partial charge on any atom is 0.429 e. The van der Waals surface area contributed by atoms with Crippen molar-refractivity contribution in [2.75, 3.05) is 0 Å². The highest BCUT2D eigenvalue weighted by atomic mass is 19.4. The van der Waals surface area contributed by atoms with E-state index in [0.717, 1.165) is 12.4 Å². The molecule has 9 heteroatoms. The van der Waals surface area contributed by atoms with Gasteiger partial charge in [0, 0.05) is 24.2 Å². The number of nitrogens with one attached hydrogen (secondary N) is 1. The van der Waals surface area contributed by atoms with Crippen LogP contribution in [-0.2, 0) is 11.8 Å². The number of aromatic amines is 1. The van der Waals surface area contributed by atoms with Gasteiger partial charge in [-0.3, -0.25) is 9.78 Å². The minimum Gasteiger partial charge on any atom is -0.444 e. The lowest BCUT2D eigenvalue weighted by atomic mass is 10.1. The molecule has 0 saturated carbocycles. The first-order valence-corrected chi connectivity index (χ1v) is 6.54. The van der Waals surface area contributed by atoms with Crippen molar-refractivity contribution in [2.24, 2.45) is 7.05 Å². The SMILES string of the molecule is Cn1cc([C@@H](OC(=O)c2cccc3cn[nH]c23)C(F)(F)F)cn1. The van der Waals surface area contributed by atoms with Crippen molar-refractivity contribution < 1.29 is 22.7 Å². The largest absolute Gasteiger partial charge is 0.444 e. The Bertz CT molecular complexity index is 853. The molecule has 0 amide bonds. The molecule has 0 unspecified atom stereocenters. The third-order valence-corrected chi connectivity index (χ3v) is 3.25. The normalized spacial score (nSPS) is 13.2. The lowest BCUT2D eigenvalue weighted by Crippen LogP contribution is -2.26. The van der Waals surface area contributed by atoms with E-state index in [1.54, 1.807) is 12.1 Å². The first-order chi connectivity index (χ1) is 10.9. The van der Waals surface area contributed by atoms with Crippen molar-refractivity contribution in [3.8, 4) is 0 Å². The Hall–Kier alpha value is -2.84. The highest BCUT2D eigenvalue weighted by Crippen LogP contribution is 2.36. The number of alkyl halides is 3. The number of carbonyl (C=O) groups is 1. The highest BCUT2D eigenvalue weighted by molar-refractivity contribution is 6.02. The second kappa shape index (κ2) is 5.41. The molecule has 120 valence electrons. The lowest BCUT2D eigenvalue weighted by Gasteiger charge is -2.19. The van der Waals surface area contributed by atoms with E-state index in [9.17, 15) is 18.0 Å². The summed E-state index contributed by atoms with van der Waals surface area (Å²) in [7, 11) is 1.48. The summed E-state index contributed by atoms with van der Waals surface area (Å²) in [6, 6.07) is 4.60. The molecule has 3 aromatic rings. The number of hydrogen-bond acceptors (Lipinski definition) is 4. The predicted octanol–water partition coefficient (Wildman–Crippen LogP) is 2.76. The molecule has 0 radical (unpaired) electrons. The minimum absolute atomic E-state index is 0.0156. The number of benzene rings is 1. The Morgan fingerprint density at radius 2 is 2.13 bits per heavy atom. The molecule has 1 N–H and O–H groups in total. The zero-order valence-corrected chi connectivity index (χ0v) is 11.8. The Labute approximate surface area is 127 Å². The molecule has 1 aromatic carbocycles. The molecule has 23 heavy (non-hydrogen) atoms. The lowest BCUT2D eigenvalue weighted by molar-refractivity contribution is -0.207. The van der Waals surface area contributed by atoms with Crippen molar-refractivity contribution in [2.45, 2.75) is 12.3 Å². The van der Waals surface area contributed by atoms with Gasteiger partial charge in [0.2, 0.25) is 6.10 Å². The number of carbonyl (C=O) groups excluding carboxylic acids is 1. The van der Waals surface area contributed by atoms with Crippen LogP contribution < -0.4 is 0 Å². The summed E-state index contributed by atoms with van der Waals surface area (Å²) >= 11 is 0. The van der Waals surface area contributed by atoms with Gasteiger partial charge < -0.3 is 4.74 Å². The third-order valence-electron chi connectivity index (χ3n) is 3.25. The Morgan fingerprint density at radius 1 is 1.35 bits per heavy atom. The molecule has 2 heterocycles. The van der Waals surface area contributed by atoms with E-state index in [2.05, 4.69) is 15.3 Å². The van der Waals surface area contributed by atoms with E-state index >= 15 is 0 Å². The molecule has 0 aliphatic carbocycles. The van der Waals surface area contributed by atoms with Crippen LogP contribution in [0.25, 0.3) is 10.9 Å². The van der Waals surface area contributed by atoms with E-state index in [1.807, 2.05) is 0 Å². The smallest absolute Gasteiger partial charge is 0.429 e. The monoisotopic (exact) mass is 324 g/mol. The number of para-hydroxylation sites is 1. The second-order valence-electron chi connectivity index (χ2n) is 4.91. The van der Waals surface area contributed by atoms with Crippen LogP contribution in [0.15, 0.2) is 36.8 Å². The van der Waals surface area contributed by atoms with Crippen molar-refractivity contribution >= 4 is 16.9 Å². The Kier molecular flexibility index (Phi) is 3.55. The number of hydrogen-bond donors (Lipinski definition) is 1. The molecule has 3 rings (SSSR count). The summed E-state index contributed by atoms with van der Waals surface area (Å²) in [4.78, 5) is 12.2. The van der Waals surface area contributed by atoms with E-state index < -0.39 is 18.2 Å². The van der Waals surface area contributed by atoms with E-state index in [4.69, 9.17) is 4.74 Å². The first-order valence-electron chi connectivity index (χ1n) is 6.54. The molecule has 1 atom stereocenters. The maximum absolute atomic E-state index is 13.2. The molecule has 0 aliphatic heterocycles. The van der Waals surface area contributed by atoms with Crippen LogP contribution in [-0.4, -0.2) is 32.1 Å². The zero-order valence-electron chi connectivity index (χ0n) is 11.8. The van der Waals surface area contributed by atoms with Crippen LogP contribution in [0.1, 0.15) is 22.0 Å². The fourth-order valence-electron chi connectivity index (χ4n) is 2.21. The molecule has 0 fully saturated rings. The molecule has 6 nitrogen and oxygen atoms in total. The fourth-order valence-corrected chi connectivity index (χ4v) is 2.21. The fraction of sp³-hybridized carbons (Fsp3) is 0.214. The summed E-state index contributed by atoms with van der Waals surface area (Å²) in [5.41, 5.74) is 0.0629. The van der Waals surface area contributed by atoms with Gasteiger partial charge in [0.1, 0.15) is 0 Å². The number of ether oxygens (including phenoxy) is 1. The van der Waals surface area contributed by atoms with Gasteiger partial charge in [0.15, 0.2) is 0 Å². The van der Waals surface area contributed by atoms with Gasteiger partial charge in [0.25, 0.3) is 0 Å². The standard InChI is InChI=1S/C14H11F3N4O2/c1-21-7-9(6-19-21)12(14(15,16)17)23-13(22)10-4-2-3-8-5-18-20-11(8)10/h2-7,12H,1H3,(H,18,20)/t12-/m1/s1. The van der Waals surface area contributed by atoms with Gasteiger partial charge in [-0.05, 0) is 6.07 Å². The van der Waals surface area contributed by atoms with Gasteiger partial charge in [-0.15, -0.1) is 0 Å². The number of rotatable bonds is 3. The van der Waals surface area contributed by atoms with E-state index in [1.165, 1.54) is 24.0 Å². The van der Waals surface area contributed by atoms with Crippen LogP contribution in [0.2, 0.25) is 0 Å². The molecule has 0 spiro atoms. The van der Waals surface area contributed by atoms with E-state index in [0.29, 0.717) is 10.9 Å². The number of fused-ring (bicyclic) bond motifs is 1. The topological polar surface area (TPSA) is 72.8 Å². The van der Waals surface area contributed by atoms with Gasteiger partial charge in [-0.25, -0.2) is 4.79 Å². The summed E-state index contributed by atoms with van der Waals surface area (Å²) in [6.45, 7) is 0. The average molecular weight is 324 g/mol. The summed E-state index contributed by atoms with van der Waals surface area (Å²) in [6.07, 6.45) is -3.50. The van der Waals surface area contributed by atoms with Crippen molar-refractivity contribution in [1.82, 2.24) is 20.0 Å². The highest BCUT2D eigenvalue weighted by Gasteiger charge is 2.45. The summed E-state index contributed by atoms with van der Waals surface area (Å²) in [5, 5.41) is 10.6. The predicted molar refractivity (Wildman–Crippen MR) is 73.5 cm³/mol. The quantitative estimate of drug-likeness (QED) is 0.752. The maximum atomic E-state index is 13.2. The van der Waals surface area contributed by atoms with E-state index in [-0.39, 0.29) is 11.1 Å².